The average Bonchev–Trinajstić information content (AvgIpc) is 2.30. The van der Waals surface area contributed by atoms with E-state index in [0.29, 0.717) is 12.1 Å². The van der Waals surface area contributed by atoms with Crippen LogP contribution in [0.25, 0.3) is 0 Å². The van der Waals surface area contributed by atoms with Crippen molar-refractivity contribution in [1.82, 2.24) is 4.98 Å². The van der Waals surface area contributed by atoms with Gasteiger partial charge < -0.3 is 11.1 Å². The Morgan fingerprint density at radius 3 is 3.12 bits per heavy atom. The first-order chi connectivity index (χ1) is 8.04. The minimum absolute atomic E-state index is 0.249. The van der Waals surface area contributed by atoms with E-state index >= 15 is 0 Å². The number of halogens is 2. The fourth-order valence-electron chi connectivity index (χ4n) is 1.11. The average molecular weight is 339 g/mol. The number of nitrogens with zero attached hydrogens (tertiary/aromatic N) is 1. The van der Waals surface area contributed by atoms with Crippen molar-refractivity contribution in [2.75, 3.05) is 17.3 Å². The highest BCUT2D eigenvalue weighted by atomic mass is 79.9. The number of amides is 1. The Hall–Kier alpha value is -0.300. The molecule has 0 radical (unpaired) electrons. The normalized spacial score (nSPS) is 12.2. The summed E-state index contributed by atoms with van der Waals surface area (Å²) in [5.74, 6) is 0.597. The second kappa shape index (κ2) is 7.20. The first-order valence-electron chi connectivity index (χ1n) is 4.91. The van der Waals surface area contributed by atoms with Gasteiger partial charge in [-0.25, -0.2) is 4.98 Å². The quantitative estimate of drug-likeness (QED) is 0.810. The molecule has 1 atom stereocenters. The van der Waals surface area contributed by atoms with Crippen LogP contribution in [0.1, 0.15) is 6.42 Å². The monoisotopic (exact) mass is 337 g/mol. The number of anilines is 1. The Morgan fingerprint density at radius 1 is 1.76 bits per heavy atom. The predicted molar refractivity (Wildman–Crippen MR) is 76.6 cm³/mol. The number of thioether (sulfide) groups is 1. The molecule has 1 amide bonds. The van der Waals surface area contributed by atoms with Crippen molar-refractivity contribution in [1.29, 1.82) is 0 Å². The number of pyridine rings is 1. The lowest BCUT2D eigenvalue weighted by atomic mass is 10.2. The van der Waals surface area contributed by atoms with Gasteiger partial charge in [-0.1, -0.05) is 11.6 Å². The van der Waals surface area contributed by atoms with E-state index in [1.54, 1.807) is 24.0 Å². The number of hydrogen-bond donors (Lipinski definition) is 2. The molecule has 17 heavy (non-hydrogen) atoms. The third kappa shape index (κ3) is 4.83. The van der Waals surface area contributed by atoms with Crippen LogP contribution in [0, 0.1) is 0 Å². The number of carbonyl (C=O) groups is 1. The van der Waals surface area contributed by atoms with Gasteiger partial charge in [-0.2, -0.15) is 11.8 Å². The summed E-state index contributed by atoms with van der Waals surface area (Å²) >= 11 is 10.8. The molecule has 0 aromatic carbocycles. The largest absolute Gasteiger partial charge is 0.322 e. The topological polar surface area (TPSA) is 68.0 Å². The van der Waals surface area contributed by atoms with E-state index in [1.807, 2.05) is 6.26 Å². The SMILES string of the molecule is CSCC[C@@H](N)C(=O)Nc1cc(Br)cnc1Cl. The molecule has 1 aromatic rings. The summed E-state index contributed by atoms with van der Waals surface area (Å²) in [7, 11) is 0. The van der Waals surface area contributed by atoms with Crippen molar-refractivity contribution < 1.29 is 4.79 Å². The van der Waals surface area contributed by atoms with Crippen LogP contribution in [0.4, 0.5) is 5.69 Å². The van der Waals surface area contributed by atoms with Gasteiger partial charge >= 0.3 is 0 Å². The van der Waals surface area contributed by atoms with Gasteiger partial charge in [0, 0.05) is 10.7 Å². The smallest absolute Gasteiger partial charge is 0.241 e. The molecule has 7 heteroatoms. The zero-order valence-corrected chi connectivity index (χ0v) is 12.4. The van der Waals surface area contributed by atoms with Crippen molar-refractivity contribution in [3.05, 3.63) is 21.9 Å². The molecule has 0 aliphatic carbocycles. The Bertz CT molecular complexity index is 405. The van der Waals surface area contributed by atoms with Crippen LogP contribution in [0.5, 0.6) is 0 Å². The van der Waals surface area contributed by atoms with Gasteiger partial charge in [0.2, 0.25) is 5.91 Å². The summed E-state index contributed by atoms with van der Waals surface area (Å²) in [6.07, 6.45) is 4.16. The summed E-state index contributed by atoms with van der Waals surface area (Å²) in [6, 6.07) is 1.16. The molecule has 0 saturated heterocycles. The van der Waals surface area contributed by atoms with Crippen LogP contribution in [0.15, 0.2) is 16.7 Å². The van der Waals surface area contributed by atoms with E-state index in [-0.39, 0.29) is 11.1 Å². The molecule has 0 saturated carbocycles. The molecule has 1 heterocycles. The summed E-state index contributed by atoms with van der Waals surface area (Å²) in [6.45, 7) is 0. The van der Waals surface area contributed by atoms with Crippen molar-refractivity contribution >= 4 is 50.9 Å². The number of nitrogens with one attached hydrogen (secondary N) is 1. The van der Waals surface area contributed by atoms with Gasteiger partial charge in [-0.15, -0.1) is 0 Å². The first-order valence-corrected chi connectivity index (χ1v) is 7.47. The third-order valence-corrected chi connectivity index (χ3v) is 3.41. The molecule has 0 aliphatic heterocycles. The lowest BCUT2D eigenvalue weighted by molar-refractivity contribution is -0.117. The Balaban J connectivity index is 2.64. The van der Waals surface area contributed by atoms with E-state index < -0.39 is 6.04 Å². The summed E-state index contributed by atoms with van der Waals surface area (Å²) < 4.78 is 0.745. The molecule has 0 aliphatic rings. The second-order valence-corrected chi connectivity index (χ2v) is 5.63. The standard InChI is InChI=1S/C10H13BrClN3OS/c1-17-3-2-7(13)10(16)15-8-4-6(11)5-14-9(8)12/h4-5,7H,2-3,13H2,1H3,(H,15,16)/t7-/m1/s1. The lowest BCUT2D eigenvalue weighted by Gasteiger charge is -2.12. The second-order valence-electron chi connectivity index (χ2n) is 3.37. The zero-order valence-electron chi connectivity index (χ0n) is 9.24. The van der Waals surface area contributed by atoms with Gasteiger partial charge in [-0.05, 0) is 40.4 Å². The van der Waals surface area contributed by atoms with Gasteiger partial charge in [0.15, 0.2) is 5.15 Å². The first kappa shape index (κ1) is 14.8. The molecule has 1 rings (SSSR count). The number of carbonyl (C=O) groups excluding carboxylic acids is 1. The van der Waals surface area contributed by atoms with E-state index in [9.17, 15) is 4.79 Å². The van der Waals surface area contributed by atoms with Crippen LogP contribution >= 0.6 is 39.3 Å². The zero-order chi connectivity index (χ0) is 12.8. The molecule has 1 aromatic heterocycles. The van der Waals surface area contributed by atoms with Gasteiger partial charge in [-0.3, -0.25) is 4.79 Å². The molecular weight excluding hydrogens is 326 g/mol. The van der Waals surface area contributed by atoms with Crippen LogP contribution in [-0.2, 0) is 4.79 Å². The number of hydrogen-bond acceptors (Lipinski definition) is 4. The highest BCUT2D eigenvalue weighted by molar-refractivity contribution is 9.10. The lowest BCUT2D eigenvalue weighted by Crippen LogP contribution is -2.36. The fourth-order valence-corrected chi connectivity index (χ4v) is 2.08. The maximum absolute atomic E-state index is 11.7. The van der Waals surface area contributed by atoms with Crippen LogP contribution in [0.2, 0.25) is 5.15 Å². The van der Waals surface area contributed by atoms with E-state index in [4.69, 9.17) is 17.3 Å². The predicted octanol–water partition coefficient (Wildman–Crippen LogP) is 2.52. The maximum Gasteiger partial charge on any atom is 0.241 e. The number of aromatic nitrogens is 1. The highest BCUT2D eigenvalue weighted by Crippen LogP contribution is 2.23. The van der Waals surface area contributed by atoms with Gasteiger partial charge in [0.25, 0.3) is 0 Å². The van der Waals surface area contributed by atoms with Gasteiger partial charge in [0.1, 0.15) is 0 Å². The van der Waals surface area contributed by atoms with Crippen molar-refractivity contribution in [3.63, 3.8) is 0 Å². The number of nitrogens with two attached hydrogens (primary N) is 1. The Kier molecular flexibility index (Phi) is 6.26. The molecule has 94 valence electrons. The molecule has 4 nitrogen and oxygen atoms in total. The van der Waals surface area contributed by atoms with E-state index in [1.165, 1.54) is 0 Å². The van der Waals surface area contributed by atoms with Crippen molar-refractivity contribution in [2.24, 2.45) is 5.73 Å². The molecular formula is C10H13BrClN3OS. The Labute approximate surface area is 118 Å². The molecule has 3 N–H and O–H groups in total. The van der Waals surface area contributed by atoms with Crippen LogP contribution < -0.4 is 11.1 Å². The third-order valence-electron chi connectivity index (χ3n) is 2.03. The van der Waals surface area contributed by atoms with Crippen LogP contribution in [-0.4, -0.2) is 28.9 Å². The maximum atomic E-state index is 11.7. The summed E-state index contributed by atoms with van der Waals surface area (Å²) in [5, 5.41) is 2.91. The van der Waals surface area contributed by atoms with E-state index in [0.717, 1.165) is 10.2 Å². The Morgan fingerprint density at radius 2 is 2.47 bits per heavy atom. The van der Waals surface area contributed by atoms with Crippen molar-refractivity contribution in [2.45, 2.75) is 12.5 Å². The summed E-state index contributed by atoms with van der Waals surface area (Å²) in [4.78, 5) is 15.6. The fraction of sp³-hybridized carbons (Fsp3) is 0.400. The minimum atomic E-state index is -0.530. The van der Waals surface area contributed by atoms with Gasteiger partial charge in [0.05, 0.1) is 11.7 Å². The minimum Gasteiger partial charge on any atom is -0.322 e. The van der Waals surface area contributed by atoms with Crippen molar-refractivity contribution in [3.8, 4) is 0 Å². The summed E-state index contributed by atoms with van der Waals surface area (Å²) in [5.41, 5.74) is 6.20. The van der Waals surface area contributed by atoms with Crippen LogP contribution in [0.3, 0.4) is 0 Å². The molecule has 0 unspecified atom stereocenters. The number of rotatable bonds is 5. The molecule has 0 bridgehead atoms. The van der Waals surface area contributed by atoms with E-state index in [2.05, 4.69) is 26.2 Å². The molecule has 0 fully saturated rings. The highest BCUT2D eigenvalue weighted by Gasteiger charge is 2.14. The molecule has 0 spiro atoms.